The van der Waals surface area contributed by atoms with Gasteiger partial charge in [-0.3, -0.25) is 4.79 Å². The maximum Gasteiger partial charge on any atom is 0.347 e. The summed E-state index contributed by atoms with van der Waals surface area (Å²) in [6.07, 6.45) is 3.01. The van der Waals surface area contributed by atoms with Gasteiger partial charge in [0.25, 0.3) is 0 Å². The van der Waals surface area contributed by atoms with E-state index in [9.17, 15) is 9.59 Å². The maximum atomic E-state index is 13.2. The summed E-state index contributed by atoms with van der Waals surface area (Å²) in [5.41, 5.74) is 1.95. The van der Waals surface area contributed by atoms with Crippen LogP contribution >= 0.6 is 0 Å². The SMILES string of the molecule is CC1(C)CC(=O)C2=C(C1)OC(c1cc3c(ccc4ccccc43)oc1=O)=CC2c1ccccc1. The van der Waals surface area contributed by atoms with Crippen molar-refractivity contribution >= 4 is 33.3 Å². The number of ether oxygens (including phenoxy) is 1. The van der Waals surface area contributed by atoms with Gasteiger partial charge in [0.2, 0.25) is 0 Å². The van der Waals surface area contributed by atoms with Crippen LogP contribution in [0.25, 0.3) is 27.5 Å². The van der Waals surface area contributed by atoms with E-state index in [0.29, 0.717) is 41.1 Å². The Kier molecular flexibility index (Phi) is 4.59. The number of hydrogen-bond acceptors (Lipinski definition) is 4. The highest BCUT2D eigenvalue weighted by molar-refractivity contribution is 6.06. The van der Waals surface area contributed by atoms with E-state index in [1.165, 1.54) is 0 Å². The zero-order valence-electron chi connectivity index (χ0n) is 19.1. The molecule has 0 saturated carbocycles. The highest BCUT2D eigenvalue weighted by Gasteiger charge is 2.40. The first-order chi connectivity index (χ1) is 16.4. The van der Waals surface area contributed by atoms with Crippen molar-refractivity contribution in [2.45, 2.75) is 32.6 Å². The molecule has 4 nitrogen and oxygen atoms in total. The Bertz CT molecular complexity index is 1590. The molecule has 0 amide bonds. The average molecular weight is 449 g/mol. The third kappa shape index (κ3) is 3.38. The largest absolute Gasteiger partial charge is 0.461 e. The topological polar surface area (TPSA) is 56.5 Å². The molecular formula is C30H24O4. The van der Waals surface area contributed by atoms with Gasteiger partial charge in [-0.1, -0.05) is 74.5 Å². The van der Waals surface area contributed by atoms with Crippen molar-refractivity contribution in [3.63, 3.8) is 0 Å². The molecule has 1 aromatic heterocycles. The van der Waals surface area contributed by atoms with Gasteiger partial charge >= 0.3 is 5.63 Å². The van der Waals surface area contributed by atoms with Crippen molar-refractivity contribution < 1.29 is 13.9 Å². The molecule has 1 unspecified atom stereocenters. The Labute approximate surface area is 197 Å². The second-order valence-corrected chi connectivity index (χ2v) is 9.95. The maximum absolute atomic E-state index is 13.2. The zero-order valence-corrected chi connectivity index (χ0v) is 19.1. The number of hydrogen-bond donors (Lipinski definition) is 0. The van der Waals surface area contributed by atoms with E-state index in [0.717, 1.165) is 21.7 Å². The summed E-state index contributed by atoms with van der Waals surface area (Å²) in [6.45, 7) is 4.15. The molecule has 1 aliphatic carbocycles. The summed E-state index contributed by atoms with van der Waals surface area (Å²) in [5.74, 6) is 0.935. The monoisotopic (exact) mass is 448 g/mol. The summed E-state index contributed by atoms with van der Waals surface area (Å²) in [7, 11) is 0. The summed E-state index contributed by atoms with van der Waals surface area (Å²) in [4.78, 5) is 26.3. The normalized spacial score (nSPS) is 19.6. The highest BCUT2D eigenvalue weighted by Crippen LogP contribution is 2.47. The first-order valence-corrected chi connectivity index (χ1v) is 11.6. The molecule has 0 bridgehead atoms. The van der Waals surface area contributed by atoms with Crippen LogP contribution in [-0.4, -0.2) is 5.78 Å². The van der Waals surface area contributed by atoms with Gasteiger partial charge in [0.1, 0.15) is 22.7 Å². The molecule has 168 valence electrons. The number of benzene rings is 3. The van der Waals surface area contributed by atoms with Crippen LogP contribution in [0.4, 0.5) is 0 Å². The van der Waals surface area contributed by atoms with Gasteiger partial charge in [0.05, 0.1) is 0 Å². The fourth-order valence-corrected chi connectivity index (χ4v) is 5.23. The Morgan fingerprint density at radius 1 is 0.853 bits per heavy atom. The van der Waals surface area contributed by atoms with Crippen LogP contribution in [-0.2, 0) is 9.53 Å². The molecule has 2 aliphatic rings. The minimum atomic E-state index is -0.453. The van der Waals surface area contributed by atoms with Crippen molar-refractivity contribution in [2.24, 2.45) is 5.41 Å². The van der Waals surface area contributed by atoms with Crippen LogP contribution in [0.2, 0.25) is 0 Å². The summed E-state index contributed by atoms with van der Waals surface area (Å²) in [6, 6.07) is 23.6. The lowest BCUT2D eigenvalue weighted by Crippen LogP contribution is -2.31. The Morgan fingerprint density at radius 2 is 1.62 bits per heavy atom. The first kappa shape index (κ1) is 20.7. The molecule has 4 aromatic rings. The molecule has 34 heavy (non-hydrogen) atoms. The smallest absolute Gasteiger partial charge is 0.347 e. The number of carbonyl (C=O) groups excluding carboxylic acids is 1. The molecule has 0 saturated heterocycles. The molecule has 0 radical (unpaired) electrons. The summed E-state index contributed by atoms with van der Waals surface area (Å²) < 4.78 is 12.1. The minimum absolute atomic E-state index is 0.104. The fourth-order valence-electron chi connectivity index (χ4n) is 5.23. The van der Waals surface area contributed by atoms with Gasteiger partial charge < -0.3 is 9.15 Å². The zero-order chi connectivity index (χ0) is 23.4. The van der Waals surface area contributed by atoms with Gasteiger partial charge in [-0.25, -0.2) is 4.79 Å². The molecule has 6 rings (SSSR count). The van der Waals surface area contributed by atoms with E-state index in [1.54, 1.807) is 0 Å². The first-order valence-electron chi connectivity index (χ1n) is 11.6. The van der Waals surface area contributed by atoms with Crippen molar-refractivity contribution in [2.75, 3.05) is 0 Å². The predicted molar refractivity (Wildman–Crippen MR) is 133 cm³/mol. The molecule has 0 spiro atoms. The van der Waals surface area contributed by atoms with Crippen LogP contribution < -0.4 is 5.63 Å². The number of fused-ring (bicyclic) bond motifs is 3. The Hall–Kier alpha value is -3.92. The second kappa shape index (κ2) is 7.56. The van der Waals surface area contributed by atoms with Crippen molar-refractivity contribution in [3.05, 3.63) is 112 Å². The van der Waals surface area contributed by atoms with Gasteiger partial charge in [0.15, 0.2) is 5.78 Å². The number of ketones is 1. The number of rotatable bonds is 2. The van der Waals surface area contributed by atoms with E-state index < -0.39 is 5.63 Å². The molecule has 1 aliphatic heterocycles. The van der Waals surface area contributed by atoms with E-state index in [2.05, 4.69) is 13.8 Å². The summed E-state index contributed by atoms with van der Waals surface area (Å²) in [5, 5.41) is 2.93. The van der Waals surface area contributed by atoms with E-state index in [-0.39, 0.29) is 17.1 Å². The van der Waals surface area contributed by atoms with E-state index in [4.69, 9.17) is 9.15 Å². The van der Waals surface area contributed by atoms with Crippen LogP contribution in [0.1, 0.15) is 43.7 Å². The number of Topliss-reactive ketones (excluding diaryl/α,β-unsaturated/α-hetero) is 1. The van der Waals surface area contributed by atoms with E-state index in [1.807, 2.05) is 78.9 Å². The lowest BCUT2D eigenvalue weighted by atomic mass is 9.71. The number of carbonyl (C=O) groups is 1. The Balaban J connectivity index is 1.56. The molecule has 2 heterocycles. The van der Waals surface area contributed by atoms with Crippen LogP contribution in [0.5, 0.6) is 0 Å². The molecule has 0 fully saturated rings. The highest BCUT2D eigenvalue weighted by atomic mass is 16.5. The van der Waals surface area contributed by atoms with Gasteiger partial charge in [-0.05, 0) is 40.0 Å². The van der Waals surface area contributed by atoms with Crippen LogP contribution in [0.3, 0.4) is 0 Å². The second-order valence-electron chi connectivity index (χ2n) is 9.95. The molecule has 0 N–H and O–H groups in total. The molecule has 1 atom stereocenters. The van der Waals surface area contributed by atoms with Gasteiger partial charge in [0, 0.05) is 29.7 Å². The van der Waals surface area contributed by atoms with E-state index >= 15 is 0 Å². The van der Waals surface area contributed by atoms with Gasteiger partial charge in [-0.2, -0.15) is 0 Å². The average Bonchev–Trinajstić information content (AvgIpc) is 2.82. The van der Waals surface area contributed by atoms with Crippen LogP contribution in [0.15, 0.2) is 99.4 Å². The van der Waals surface area contributed by atoms with Crippen molar-refractivity contribution in [1.29, 1.82) is 0 Å². The lowest BCUT2D eigenvalue weighted by molar-refractivity contribution is -0.118. The Morgan fingerprint density at radius 3 is 2.44 bits per heavy atom. The lowest BCUT2D eigenvalue weighted by Gasteiger charge is -2.36. The third-order valence-electron chi connectivity index (χ3n) is 6.81. The summed E-state index contributed by atoms with van der Waals surface area (Å²) >= 11 is 0. The van der Waals surface area contributed by atoms with Crippen LogP contribution in [0, 0.1) is 5.41 Å². The molecule has 3 aromatic carbocycles. The fraction of sp³-hybridized carbons (Fsp3) is 0.200. The van der Waals surface area contributed by atoms with Crippen molar-refractivity contribution in [3.8, 4) is 0 Å². The molecular weight excluding hydrogens is 424 g/mol. The van der Waals surface area contributed by atoms with Gasteiger partial charge in [-0.15, -0.1) is 0 Å². The number of allylic oxidation sites excluding steroid dienone is 3. The standard InChI is InChI=1S/C30H24O4/c1-30(2)16-24(31)28-21(18-8-4-3-5-9-18)15-26(33-27(28)17-30)23-14-22-20-11-7-6-10-19(20)12-13-25(22)34-29(23)32/h3-15,21H,16-17H2,1-2H3. The quantitative estimate of drug-likeness (QED) is 0.252. The third-order valence-corrected chi connectivity index (χ3v) is 6.81. The minimum Gasteiger partial charge on any atom is -0.461 e. The molecule has 4 heteroatoms. The predicted octanol–water partition coefficient (Wildman–Crippen LogP) is 6.74. The van der Waals surface area contributed by atoms with Crippen molar-refractivity contribution in [1.82, 2.24) is 0 Å².